The lowest BCUT2D eigenvalue weighted by molar-refractivity contribution is -0.228. The normalized spacial score (nSPS) is 36.5. The number of fused-ring (bicyclic) bond motifs is 5. The monoisotopic (exact) mass is 615 g/mol. The number of carbonyl (C=O) groups excluding carboxylic acids is 3. The van der Waals surface area contributed by atoms with Crippen LogP contribution in [0, 0.1) is 34.0 Å². The van der Waals surface area contributed by atoms with E-state index in [0.29, 0.717) is 6.42 Å². The Labute approximate surface area is 260 Å². The quantitative estimate of drug-likeness (QED) is 0.424. The minimum absolute atomic E-state index is 0.00349. The van der Waals surface area contributed by atoms with Crippen molar-refractivity contribution >= 4 is 17.7 Å². The molecule has 2 unspecified atom stereocenters. The van der Waals surface area contributed by atoms with Crippen LogP contribution in [0.3, 0.4) is 0 Å². The molecule has 0 saturated heterocycles. The zero-order valence-electron chi connectivity index (χ0n) is 25.2. The lowest BCUT2D eigenvalue weighted by atomic mass is 9.44. The minimum atomic E-state index is -2.35. The smallest absolute Gasteiger partial charge is 0.352 e. The second kappa shape index (κ2) is 11.0. The topological polar surface area (TPSA) is 114 Å². The van der Waals surface area contributed by atoms with E-state index in [2.05, 4.69) is 0 Å². The molecule has 4 aliphatic carbocycles. The van der Waals surface area contributed by atoms with Crippen molar-refractivity contribution in [2.24, 2.45) is 22.7 Å². The van der Waals surface area contributed by atoms with Crippen LogP contribution in [0.2, 0.25) is 0 Å². The Morgan fingerprint density at radius 3 is 2.44 bits per heavy atom. The van der Waals surface area contributed by atoms with Crippen LogP contribution in [-0.2, 0) is 25.5 Å². The fraction of sp³-hybridized carbons (Fsp3) is 0.444. The zero-order valence-corrected chi connectivity index (χ0v) is 25.2. The Morgan fingerprint density at radius 2 is 1.76 bits per heavy atom. The largest absolute Gasteiger partial charge is 0.447 e. The third kappa shape index (κ3) is 4.56. The zero-order chi connectivity index (χ0) is 32.2. The van der Waals surface area contributed by atoms with Crippen molar-refractivity contribution in [3.63, 3.8) is 0 Å². The SMILES string of the molecule is C[C@]12C=CC(=O)C=C1[C@@H](F)C[C@H]1[C@@H]3CCC(OC(=O)c4ccc(Cc5ccccc5)cc4)(C(=O)OCC#N)[C@@]3(C)C[C@H](O)C12F. The molecule has 0 aliphatic heterocycles. The van der Waals surface area contributed by atoms with Gasteiger partial charge in [-0.05, 0) is 85.9 Å². The van der Waals surface area contributed by atoms with E-state index in [-0.39, 0.29) is 36.8 Å². The lowest BCUT2D eigenvalue weighted by Gasteiger charge is -2.62. The Bertz CT molecular complexity index is 1630. The average Bonchev–Trinajstić information content (AvgIpc) is 3.31. The molecule has 0 radical (unpaired) electrons. The van der Waals surface area contributed by atoms with Crippen LogP contribution in [0.4, 0.5) is 8.78 Å². The van der Waals surface area contributed by atoms with Crippen LogP contribution in [0.5, 0.6) is 0 Å². The van der Waals surface area contributed by atoms with E-state index in [0.717, 1.165) is 17.2 Å². The Balaban J connectivity index is 1.34. The molecule has 234 valence electrons. The maximum Gasteiger partial charge on any atom is 0.352 e. The Morgan fingerprint density at radius 1 is 1.07 bits per heavy atom. The summed E-state index contributed by atoms with van der Waals surface area (Å²) in [6.07, 6.45) is 0.506. The van der Waals surface area contributed by atoms with Crippen molar-refractivity contribution in [3.05, 3.63) is 95.1 Å². The van der Waals surface area contributed by atoms with Gasteiger partial charge in [-0.1, -0.05) is 55.5 Å². The summed E-state index contributed by atoms with van der Waals surface area (Å²) >= 11 is 0. The van der Waals surface area contributed by atoms with Crippen molar-refractivity contribution < 1.29 is 37.7 Å². The Kier molecular flexibility index (Phi) is 7.56. The average molecular weight is 616 g/mol. The molecule has 2 aromatic rings. The number of ether oxygens (including phenoxy) is 2. The molecule has 3 saturated carbocycles. The molecule has 0 amide bonds. The molecule has 0 bridgehead atoms. The lowest BCUT2D eigenvalue weighted by Crippen LogP contribution is -2.70. The van der Waals surface area contributed by atoms with Crippen molar-refractivity contribution in [3.8, 4) is 6.07 Å². The minimum Gasteiger partial charge on any atom is -0.447 e. The van der Waals surface area contributed by atoms with Gasteiger partial charge in [0.25, 0.3) is 0 Å². The molecule has 3 fully saturated rings. The summed E-state index contributed by atoms with van der Waals surface area (Å²) in [5.74, 6) is -3.96. The molecule has 7 nitrogen and oxygen atoms in total. The van der Waals surface area contributed by atoms with E-state index in [1.54, 1.807) is 37.3 Å². The number of allylic oxidation sites excluding steroid dienone is 4. The standard InChI is InChI=1S/C36H35F2NO6/c1-33-14-12-25(40)19-28(33)29(37)20-27-26-13-15-35(32(43)44-17-16-39,34(26,2)21-30(41)36(27,33)38)45-31(42)24-10-8-23(9-11-24)18-22-6-4-3-5-7-22/h3-12,14,19,26-27,29-30,41H,13,15,17-18,20-21H2,1-2H3/t26-,27-,29-,30-,33-,34-,35?,36?/m0/s1. The van der Waals surface area contributed by atoms with Crippen LogP contribution < -0.4 is 0 Å². The fourth-order valence-corrected chi connectivity index (χ4v) is 8.76. The summed E-state index contributed by atoms with van der Waals surface area (Å²) in [5.41, 5.74) is -5.02. The van der Waals surface area contributed by atoms with E-state index in [1.807, 2.05) is 30.3 Å². The van der Waals surface area contributed by atoms with Gasteiger partial charge >= 0.3 is 11.9 Å². The molecule has 6 rings (SSSR count). The van der Waals surface area contributed by atoms with Gasteiger partial charge in [0.15, 0.2) is 18.1 Å². The maximum atomic E-state index is 17.5. The number of nitrogens with zero attached hydrogens (tertiary/aromatic N) is 1. The number of benzene rings is 2. The van der Waals surface area contributed by atoms with Crippen LogP contribution in [0.1, 0.15) is 61.0 Å². The second-order valence-corrected chi connectivity index (χ2v) is 13.2. The summed E-state index contributed by atoms with van der Waals surface area (Å²) in [4.78, 5) is 39.6. The predicted molar refractivity (Wildman–Crippen MR) is 159 cm³/mol. The van der Waals surface area contributed by atoms with Crippen LogP contribution in [0.25, 0.3) is 0 Å². The molecule has 1 N–H and O–H groups in total. The highest BCUT2D eigenvalue weighted by Crippen LogP contribution is 2.70. The van der Waals surface area contributed by atoms with Crippen LogP contribution in [0.15, 0.2) is 78.4 Å². The number of esters is 2. The third-order valence-electron chi connectivity index (χ3n) is 11.1. The maximum absolute atomic E-state index is 17.5. The van der Waals surface area contributed by atoms with Gasteiger partial charge in [0.05, 0.1) is 11.7 Å². The predicted octanol–water partition coefficient (Wildman–Crippen LogP) is 5.56. The molecule has 0 heterocycles. The molecule has 45 heavy (non-hydrogen) atoms. The first-order chi connectivity index (χ1) is 21.4. The van der Waals surface area contributed by atoms with E-state index in [9.17, 15) is 19.5 Å². The van der Waals surface area contributed by atoms with E-state index >= 15 is 8.78 Å². The van der Waals surface area contributed by atoms with Gasteiger partial charge in [0, 0.05) is 16.7 Å². The van der Waals surface area contributed by atoms with Gasteiger partial charge in [-0.3, -0.25) is 4.79 Å². The first-order valence-electron chi connectivity index (χ1n) is 15.3. The van der Waals surface area contributed by atoms with Gasteiger partial charge in [-0.25, -0.2) is 18.4 Å². The summed E-state index contributed by atoms with van der Waals surface area (Å²) in [6.45, 7) is 2.56. The summed E-state index contributed by atoms with van der Waals surface area (Å²) in [7, 11) is 0. The molecule has 8 atom stereocenters. The van der Waals surface area contributed by atoms with Crippen molar-refractivity contribution in [1.29, 1.82) is 5.26 Å². The number of ketones is 1. The van der Waals surface area contributed by atoms with Crippen LogP contribution >= 0.6 is 0 Å². The number of halogens is 2. The highest BCUT2D eigenvalue weighted by Gasteiger charge is 2.77. The van der Waals surface area contributed by atoms with E-state index < -0.39 is 70.5 Å². The number of aliphatic hydroxyl groups excluding tert-OH is 1. The van der Waals surface area contributed by atoms with Crippen molar-refractivity contribution in [2.75, 3.05) is 6.61 Å². The molecule has 0 aromatic heterocycles. The number of carbonyl (C=O) groups is 3. The summed E-state index contributed by atoms with van der Waals surface area (Å²) in [5, 5.41) is 20.8. The summed E-state index contributed by atoms with van der Waals surface area (Å²) < 4.78 is 44.7. The molecular weight excluding hydrogens is 580 g/mol. The molecular formula is C36H35F2NO6. The number of aliphatic hydroxyl groups is 1. The highest BCUT2D eigenvalue weighted by atomic mass is 19.1. The van der Waals surface area contributed by atoms with Crippen molar-refractivity contribution in [2.45, 2.75) is 69.5 Å². The molecule has 2 aromatic carbocycles. The van der Waals surface area contributed by atoms with E-state index in [4.69, 9.17) is 14.7 Å². The van der Waals surface area contributed by atoms with Gasteiger partial charge < -0.3 is 14.6 Å². The third-order valence-corrected chi connectivity index (χ3v) is 11.1. The number of alkyl halides is 2. The van der Waals surface area contributed by atoms with Crippen LogP contribution in [-0.4, -0.2) is 53.0 Å². The number of nitriles is 1. The first kappa shape index (κ1) is 30.8. The fourth-order valence-electron chi connectivity index (χ4n) is 8.76. The van der Waals surface area contributed by atoms with Gasteiger partial charge in [0.1, 0.15) is 12.2 Å². The number of rotatable bonds is 6. The van der Waals surface area contributed by atoms with Gasteiger partial charge in [-0.2, -0.15) is 5.26 Å². The molecule has 4 aliphatic rings. The van der Waals surface area contributed by atoms with Gasteiger partial charge in [0.2, 0.25) is 5.60 Å². The highest BCUT2D eigenvalue weighted by molar-refractivity contribution is 6.01. The number of hydrogen-bond donors (Lipinski definition) is 1. The number of hydrogen-bond acceptors (Lipinski definition) is 7. The van der Waals surface area contributed by atoms with E-state index in [1.165, 1.54) is 19.1 Å². The summed E-state index contributed by atoms with van der Waals surface area (Å²) in [6, 6.07) is 18.4. The van der Waals surface area contributed by atoms with Crippen molar-refractivity contribution in [1.82, 2.24) is 0 Å². The Hall–Kier alpha value is -4.16. The second-order valence-electron chi connectivity index (χ2n) is 13.2. The van der Waals surface area contributed by atoms with Gasteiger partial charge in [-0.15, -0.1) is 0 Å². The first-order valence-corrected chi connectivity index (χ1v) is 15.3. The molecule has 9 heteroatoms. The molecule has 0 spiro atoms.